The van der Waals surface area contributed by atoms with Crippen LogP contribution in [0.4, 0.5) is 0 Å². The van der Waals surface area contributed by atoms with Crippen molar-refractivity contribution in [3.05, 3.63) is 29.3 Å². The van der Waals surface area contributed by atoms with Crippen molar-refractivity contribution in [3.63, 3.8) is 0 Å². The maximum Gasteiger partial charge on any atom is 0.231 e. The number of allylic oxidation sites excluding steroid dienone is 1. The van der Waals surface area contributed by atoms with E-state index >= 15 is 0 Å². The molecule has 4 heteroatoms. The number of fused-ring (bicyclic) bond motifs is 1. The number of rotatable bonds is 6. The van der Waals surface area contributed by atoms with E-state index in [1.807, 2.05) is 18.2 Å². The smallest absolute Gasteiger partial charge is 0.231 e. The number of benzene rings is 1. The van der Waals surface area contributed by atoms with Crippen LogP contribution in [0.15, 0.2) is 23.8 Å². The number of hydrogen-bond acceptors (Lipinski definition) is 4. The van der Waals surface area contributed by atoms with Crippen LogP contribution in [-0.2, 0) is 6.42 Å². The minimum atomic E-state index is 0.126. The van der Waals surface area contributed by atoms with Crippen LogP contribution in [0.2, 0.25) is 0 Å². The van der Waals surface area contributed by atoms with Crippen molar-refractivity contribution in [2.75, 3.05) is 13.4 Å². The molecule has 0 amide bonds. The van der Waals surface area contributed by atoms with Gasteiger partial charge in [-0.1, -0.05) is 12.5 Å². The first-order valence-electron chi connectivity index (χ1n) is 7.04. The van der Waals surface area contributed by atoms with Gasteiger partial charge in [0.2, 0.25) is 6.79 Å². The molecule has 0 saturated carbocycles. The zero-order chi connectivity index (χ0) is 14.5. The van der Waals surface area contributed by atoms with E-state index in [2.05, 4.69) is 20.8 Å². The van der Waals surface area contributed by atoms with E-state index in [4.69, 9.17) is 19.9 Å². The molecule has 0 spiro atoms. The fraction of sp³-hybridized carbons (Fsp3) is 0.500. The molecule has 2 rings (SSSR count). The predicted octanol–water partition coefficient (Wildman–Crippen LogP) is 3.04. The van der Waals surface area contributed by atoms with Crippen LogP contribution in [-0.4, -0.2) is 19.4 Å². The first kappa shape index (κ1) is 14.7. The van der Waals surface area contributed by atoms with Gasteiger partial charge in [-0.3, -0.25) is 0 Å². The van der Waals surface area contributed by atoms with E-state index in [1.54, 1.807) is 0 Å². The highest BCUT2D eigenvalue weighted by molar-refractivity contribution is 5.52. The second-order valence-corrected chi connectivity index (χ2v) is 5.28. The largest absolute Gasteiger partial charge is 0.489 e. The lowest BCUT2D eigenvalue weighted by molar-refractivity contribution is 0.174. The summed E-state index contributed by atoms with van der Waals surface area (Å²) in [6, 6.07) is 4.01. The minimum Gasteiger partial charge on any atom is -0.489 e. The normalized spacial score (nSPS) is 14.0. The summed E-state index contributed by atoms with van der Waals surface area (Å²) in [5.41, 5.74) is 8.37. The maximum absolute atomic E-state index is 6.06. The molecule has 110 valence electrons. The van der Waals surface area contributed by atoms with Crippen molar-refractivity contribution in [3.8, 4) is 17.2 Å². The van der Waals surface area contributed by atoms with Gasteiger partial charge in [0.05, 0.1) is 0 Å². The summed E-state index contributed by atoms with van der Waals surface area (Å²) in [6.07, 6.45) is 3.76. The van der Waals surface area contributed by atoms with Crippen molar-refractivity contribution in [2.24, 2.45) is 5.73 Å². The van der Waals surface area contributed by atoms with E-state index in [0.29, 0.717) is 6.61 Å². The molecule has 0 bridgehead atoms. The molecule has 0 fully saturated rings. The van der Waals surface area contributed by atoms with E-state index in [9.17, 15) is 0 Å². The number of ether oxygens (including phenoxy) is 3. The van der Waals surface area contributed by atoms with Gasteiger partial charge < -0.3 is 19.9 Å². The summed E-state index contributed by atoms with van der Waals surface area (Å²) in [5, 5.41) is 0. The summed E-state index contributed by atoms with van der Waals surface area (Å²) < 4.78 is 16.7. The molecule has 4 nitrogen and oxygen atoms in total. The Labute approximate surface area is 120 Å². The first-order chi connectivity index (χ1) is 9.60. The molecule has 1 heterocycles. The molecule has 0 aromatic heterocycles. The van der Waals surface area contributed by atoms with Gasteiger partial charge >= 0.3 is 0 Å². The predicted molar refractivity (Wildman–Crippen MR) is 79.5 cm³/mol. The highest BCUT2D eigenvalue weighted by Gasteiger charge is 2.19. The third-order valence-corrected chi connectivity index (χ3v) is 3.29. The molecule has 1 unspecified atom stereocenters. The van der Waals surface area contributed by atoms with Crippen LogP contribution in [0.5, 0.6) is 17.2 Å². The fourth-order valence-electron chi connectivity index (χ4n) is 1.98. The molecule has 0 radical (unpaired) electrons. The Hall–Kier alpha value is -1.68. The van der Waals surface area contributed by atoms with Gasteiger partial charge in [-0.2, -0.15) is 0 Å². The van der Waals surface area contributed by atoms with Gasteiger partial charge in [0.1, 0.15) is 12.4 Å². The molecule has 1 aliphatic rings. The number of hydrogen-bond donors (Lipinski definition) is 1. The zero-order valence-corrected chi connectivity index (χ0v) is 12.4. The van der Waals surface area contributed by atoms with Crippen LogP contribution in [0.1, 0.15) is 32.8 Å². The van der Waals surface area contributed by atoms with Crippen molar-refractivity contribution < 1.29 is 14.2 Å². The Kier molecular flexibility index (Phi) is 4.90. The van der Waals surface area contributed by atoms with Gasteiger partial charge in [0.25, 0.3) is 0 Å². The van der Waals surface area contributed by atoms with Gasteiger partial charge in [-0.05, 0) is 44.4 Å². The van der Waals surface area contributed by atoms with Gasteiger partial charge in [-0.25, -0.2) is 0 Å². The third-order valence-electron chi connectivity index (χ3n) is 3.29. The first-order valence-corrected chi connectivity index (χ1v) is 7.04. The van der Waals surface area contributed by atoms with E-state index in [0.717, 1.165) is 35.7 Å². The van der Waals surface area contributed by atoms with Crippen molar-refractivity contribution in [2.45, 2.75) is 39.7 Å². The number of nitrogens with two attached hydrogens (primary N) is 1. The Morgan fingerprint density at radius 2 is 2.05 bits per heavy atom. The van der Waals surface area contributed by atoms with Crippen molar-refractivity contribution in [1.29, 1.82) is 0 Å². The van der Waals surface area contributed by atoms with E-state index in [-0.39, 0.29) is 12.8 Å². The average Bonchev–Trinajstić information content (AvgIpc) is 2.85. The molecular weight excluding hydrogens is 254 g/mol. The summed E-state index contributed by atoms with van der Waals surface area (Å²) in [6.45, 7) is 7.01. The van der Waals surface area contributed by atoms with Gasteiger partial charge in [0, 0.05) is 12.1 Å². The fourth-order valence-corrected chi connectivity index (χ4v) is 1.98. The van der Waals surface area contributed by atoms with Gasteiger partial charge in [0.15, 0.2) is 11.5 Å². The quantitative estimate of drug-likeness (QED) is 0.812. The van der Waals surface area contributed by atoms with E-state index in [1.165, 1.54) is 5.57 Å². The zero-order valence-electron chi connectivity index (χ0n) is 12.4. The lowest BCUT2D eigenvalue weighted by Crippen LogP contribution is -2.21. The Balaban J connectivity index is 2.20. The van der Waals surface area contributed by atoms with Crippen LogP contribution in [0, 0.1) is 0 Å². The summed E-state index contributed by atoms with van der Waals surface area (Å²) >= 11 is 0. The van der Waals surface area contributed by atoms with Crippen LogP contribution < -0.4 is 19.9 Å². The molecule has 1 aromatic carbocycles. The molecular formula is C16H23NO3. The monoisotopic (exact) mass is 277 g/mol. The Morgan fingerprint density at radius 1 is 1.35 bits per heavy atom. The van der Waals surface area contributed by atoms with Crippen molar-refractivity contribution in [1.82, 2.24) is 0 Å². The molecule has 0 saturated heterocycles. The Morgan fingerprint density at radius 3 is 2.70 bits per heavy atom. The van der Waals surface area contributed by atoms with Crippen LogP contribution in [0.25, 0.3) is 0 Å². The van der Waals surface area contributed by atoms with Crippen LogP contribution >= 0.6 is 0 Å². The molecule has 1 aromatic rings. The Bertz CT molecular complexity index is 493. The van der Waals surface area contributed by atoms with Gasteiger partial charge in [-0.15, -0.1) is 0 Å². The maximum atomic E-state index is 6.06. The SMILES string of the molecule is CCC(N)Cc1cc2c(cc1OCC=C(C)C)OCO2. The highest BCUT2D eigenvalue weighted by atomic mass is 16.7. The summed E-state index contributed by atoms with van der Waals surface area (Å²) in [4.78, 5) is 0. The van der Waals surface area contributed by atoms with Crippen LogP contribution in [0.3, 0.4) is 0 Å². The second kappa shape index (κ2) is 6.66. The molecule has 1 atom stereocenters. The average molecular weight is 277 g/mol. The summed E-state index contributed by atoms with van der Waals surface area (Å²) in [7, 11) is 0. The minimum absolute atomic E-state index is 0.126. The lowest BCUT2D eigenvalue weighted by Gasteiger charge is -2.14. The highest BCUT2D eigenvalue weighted by Crippen LogP contribution is 2.38. The second-order valence-electron chi connectivity index (χ2n) is 5.28. The molecule has 20 heavy (non-hydrogen) atoms. The molecule has 0 aliphatic carbocycles. The van der Waals surface area contributed by atoms with E-state index < -0.39 is 0 Å². The third kappa shape index (κ3) is 3.67. The van der Waals surface area contributed by atoms with Crippen molar-refractivity contribution >= 4 is 0 Å². The summed E-state index contributed by atoms with van der Waals surface area (Å²) in [5.74, 6) is 2.35. The lowest BCUT2D eigenvalue weighted by atomic mass is 10.0. The topological polar surface area (TPSA) is 53.7 Å². The molecule has 1 aliphatic heterocycles. The molecule has 2 N–H and O–H groups in total. The standard InChI is InChI=1S/C16H23NO3/c1-4-13(17)7-12-8-15-16(20-10-19-15)9-14(12)18-6-5-11(2)3/h5,8-9,13H,4,6-7,10,17H2,1-3H3.